The number of hydrogen-bond donors (Lipinski definition) is 1. The maximum atomic E-state index is 12.8. The van der Waals surface area contributed by atoms with E-state index in [1.54, 1.807) is 34.9 Å². The Morgan fingerprint density at radius 2 is 2.00 bits per heavy atom. The quantitative estimate of drug-likeness (QED) is 0.407. The number of nitrogens with zero attached hydrogens (tertiary/aromatic N) is 5. The molecule has 0 bridgehead atoms. The Morgan fingerprint density at radius 1 is 1.24 bits per heavy atom. The summed E-state index contributed by atoms with van der Waals surface area (Å²) in [6, 6.07) is 8.47. The van der Waals surface area contributed by atoms with Crippen molar-refractivity contribution in [1.29, 1.82) is 0 Å². The Morgan fingerprint density at radius 3 is 2.68 bits per heavy atom. The lowest BCUT2D eigenvalue weighted by atomic mass is 10.3. The zero-order chi connectivity index (χ0) is 17.8. The smallest absolute Gasteiger partial charge is 0.357 e. The molecule has 0 aromatic heterocycles. The van der Waals surface area contributed by atoms with Crippen molar-refractivity contribution < 1.29 is 9.94 Å². The summed E-state index contributed by atoms with van der Waals surface area (Å²) >= 11 is 0. The normalized spacial score (nSPS) is 11.4. The fraction of sp³-hybridized carbons (Fsp3) is 0.188. The lowest BCUT2D eigenvalue weighted by molar-refractivity contribution is 0.187. The van der Waals surface area contributed by atoms with E-state index in [9.17, 15) is 9.59 Å². The number of benzene rings is 1. The van der Waals surface area contributed by atoms with Gasteiger partial charge in [0, 0.05) is 19.9 Å². The van der Waals surface area contributed by atoms with Crippen molar-refractivity contribution in [1.82, 2.24) is 19.1 Å². The Bertz CT molecular complexity index is 994. The fourth-order valence-electron chi connectivity index (χ4n) is 2.45. The Balaban J connectivity index is 2.31. The van der Waals surface area contributed by atoms with Gasteiger partial charge in [0.2, 0.25) is 0 Å². The van der Waals surface area contributed by atoms with E-state index in [1.807, 2.05) is 0 Å². The topological polar surface area (TPSA) is 112 Å². The lowest BCUT2D eigenvalue weighted by Gasteiger charge is -2.15. The first-order chi connectivity index (χ1) is 12.2. The maximum absolute atomic E-state index is 12.8. The minimum absolute atomic E-state index is 0.00282. The van der Waals surface area contributed by atoms with Crippen molar-refractivity contribution in [3.05, 3.63) is 63.1 Å². The number of rotatable bonds is 5. The molecule has 1 aromatic carbocycles. The molecule has 0 spiro atoms. The summed E-state index contributed by atoms with van der Waals surface area (Å²) in [5.74, 6) is 0.148. The third-order valence-corrected chi connectivity index (χ3v) is 3.55. The summed E-state index contributed by atoms with van der Waals surface area (Å²) in [6.07, 6.45) is 2.62. The van der Waals surface area contributed by atoms with E-state index < -0.39 is 11.2 Å². The second-order valence-electron chi connectivity index (χ2n) is 5.14. The summed E-state index contributed by atoms with van der Waals surface area (Å²) < 4.78 is 7.56. The van der Waals surface area contributed by atoms with Gasteiger partial charge in [0.05, 0.1) is 18.5 Å². The molecule has 25 heavy (non-hydrogen) atoms. The van der Waals surface area contributed by atoms with Crippen molar-refractivity contribution in [2.75, 3.05) is 13.7 Å². The van der Waals surface area contributed by atoms with Crippen LogP contribution in [-0.2, 0) is 11.3 Å². The van der Waals surface area contributed by atoms with Gasteiger partial charge in [-0.2, -0.15) is 4.98 Å². The molecule has 1 N–H and O–H groups in total. The molecule has 128 valence electrons. The molecule has 2 aliphatic heterocycles. The monoisotopic (exact) mass is 341 g/mol. The molecule has 0 aliphatic carbocycles. The number of hydrogen-bond acceptors (Lipinski definition) is 7. The maximum Gasteiger partial charge on any atom is 0.357 e. The molecule has 9 nitrogen and oxygen atoms in total. The highest BCUT2D eigenvalue weighted by molar-refractivity contribution is 5.77. The van der Waals surface area contributed by atoms with Crippen molar-refractivity contribution in [3.8, 4) is 17.2 Å². The van der Waals surface area contributed by atoms with Crippen LogP contribution in [0, 0.1) is 0 Å². The van der Waals surface area contributed by atoms with E-state index in [0.717, 1.165) is 10.8 Å². The number of fused-ring (bicyclic) bond motifs is 1. The molecular weight excluding hydrogens is 326 g/mol. The molecule has 0 saturated carbocycles. The van der Waals surface area contributed by atoms with Gasteiger partial charge < -0.3 is 14.5 Å². The average Bonchev–Trinajstić information content (AvgIpc) is 2.62. The van der Waals surface area contributed by atoms with Crippen LogP contribution in [0.5, 0.6) is 0 Å². The van der Waals surface area contributed by atoms with E-state index in [4.69, 9.17) is 9.94 Å². The van der Waals surface area contributed by atoms with Crippen LogP contribution in [0.3, 0.4) is 0 Å². The third kappa shape index (κ3) is 3.17. The molecule has 0 fully saturated rings. The van der Waals surface area contributed by atoms with E-state index in [0.29, 0.717) is 18.8 Å². The molecule has 0 atom stereocenters. The van der Waals surface area contributed by atoms with E-state index >= 15 is 0 Å². The standard InChI is InChI=1S/C16H15N5O4/c1-25-8-7-20-10-11(9-17-24)18-13-14(20)19-16(23)21(15(13)22)12-5-3-2-4-6-12/h2-6,9-10,24H,7-8H2,1H3/b17-9-. The first kappa shape index (κ1) is 16.5. The second kappa shape index (κ2) is 7.05. The molecule has 1 aromatic rings. The molecule has 0 saturated heterocycles. The van der Waals surface area contributed by atoms with Crippen molar-refractivity contribution in [2.45, 2.75) is 6.54 Å². The molecule has 2 heterocycles. The highest BCUT2D eigenvalue weighted by Crippen LogP contribution is 2.13. The van der Waals surface area contributed by atoms with Crippen LogP contribution >= 0.6 is 0 Å². The van der Waals surface area contributed by atoms with Gasteiger partial charge in [0.1, 0.15) is 5.69 Å². The first-order valence-electron chi connectivity index (χ1n) is 7.41. The van der Waals surface area contributed by atoms with E-state index in [1.165, 1.54) is 13.3 Å². The average molecular weight is 341 g/mol. The van der Waals surface area contributed by atoms with Crippen molar-refractivity contribution >= 4 is 6.21 Å². The molecule has 2 aliphatic rings. The Kier molecular flexibility index (Phi) is 4.66. The lowest BCUT2D eigenvalue weighted by Crippen LogP contribution is -2.37. The molecule has 0 radical (unpaired) electrons. The zero-order valence-corrected chi connectivity index (χ0v) is 13.4. The fourth-order valence-corrected chi connectivity index (χ4v) is 2.45. The molecule has 0 unspecified atom stereocenters. The number of aromatic nitrogens is 4. The van der Waals surface area contributed by atoms with Crippen molar-refractivity contribution in [2.24, 2.45) is 5.16 Å². The summed E-state index contributed by atoms with van der Waals surface area (Å²) in [5.41, 5.74) is -0.639. The summed E-state index contributed by atoms with van der Waals surface area (Å²) in [7, 11) is 1.54. The highest BCUT2D eigenvalue weighted by Gasteiger charge is 2.20. The predicted molar refractivity (Wildman–Crippen MR) is 89.8 cm³/mol. The van der Waals surface area contributed by atoms with Crippen LogP contribution in [-0.4, -0.2) is 44.2 Å². The molecular formula is C16H15N5O4. The zero-order valence-electron chi connectivity index (χ0n) is 13.4. The molecule has 9 heteroatoms. The van der Waals surface area contributed by atoms with Gasteiger partial charge in [-0.05, 0) is 12.1 Å². The molecule has 0 amide bonds. The Hall–Kier alpha value is -3.33. The van der Waals surface area contributed by atoms with E-state index in [-0.39, 0.29) is 17.2 Å². The summed E-state index contributed by atoms with van der Waals surface area (Å²) in [5, 5.41) is 11.7. The van der Waals surface area contributed by atoms with Crippen LogP contribution in [0.4, 0.5) is 0 Å². The van der Waals surface area contributed by atoms with Gasteiger partial charge in [-0.15, -0.1) is 0 Å². The number of para-hydroxylation sites is 1. The third-order valence-electron chi connectivity index (χ3n) is 3.55. The minimum Gasteiger partial charge on any atom is -0.411 e. The van der Waals surface area contributed by atoms with Gasteiger partial charge in [0.25, 0.3) is 5.56 Å². The number of methoxy groups -OCH3 is 1. The predicted octanol–water partition coefficient (Wildman–Crippen LogP) is 0.348. The van der Waals surface area contributed by atoms with E-state index in [2.05, 4.69) is 15.1 Å². The van der Waals surface area contributed by atoms with Crippen LogP contribution in [0.1, 0.15) is 5.69 Å². The van der Waals surface area contributed by atoms with Crippen LogP contribution in [0.2, 0.25) is 0 Å². The first-order valence-corrected chi connectivity index (χ1v) is 7.41. The number of ether oxygens (including phenoxy) is 1. The molecule has 3 rings (SSSR count). The van der Waals surface area contributed by atoms with Crippen molar-refractivity contribution in [3.63, 3.8) is 0 Å². The van der Waals surface area contributed by atoms with Crippen LogP contribution < -0.4 is 11.2 Å². The largest absolute Gasteiger partial charge is 0.411 e. The second-order valence-corrected chi connectivity index (χ2v) is 5.14. The minimum atomic E-state index is -0.694. The number of oxime groups is 1. The van der Waals surface area contributed by atoms with Crippen LogP contribution in [0.25, 0.3) is 17.2 Å². The van der Waals surface area contributed by atoms with Gasteiger partial charge in [-0.1, -0.05) is 23.4 Å². The van der Waals surface area contributed by atoms with Gasteiger partial charge in [-0.25, -0.2) is 14.3 Å². The summed E-state index contributed by atoms with van der Waals surface area (Å²) in [4.78, 5) is 33.4. The van der Waals surface area contributed by atoms with Gasteiger partial charge in [0.15, 0.2) is 11.5 Å². The highest BCUT2D eigenvalue weighted by atomic mass is 16.5. The van der Waals surface area contributed by atoms with Crippen LogP contribution in [0.15, 0.2) is 51.3 Å². The SMILES string of the molecule is COCCn1cc(/C=N\O)nc2c(=O)n(-c3ccccc3)c(=O)nc1-2. The summed E-state index contributed by atoms with van der Waals surface area (Å²) in [6.45, 7) is 0.695. The van der Waals surface area contributed by atoms with Gasteiger partial charge >= 0.3 is 5.69 Å². The Labute approximate surface area is 141 Å². The van der Waals surface area contributed by atoms with Gasteiger partial charge in [-0.3, -0.25) is 4.79 Å².